The molecule has 2 heterocycles. The zero-order chi connectivity index (χ0) is 75.5. The fraction of sp³-hybridized carbons (Fsp3) is 0.500. The van der Waals surface area contributed by atoms with Crippen molar-refractivity contribution in [1.29, 1.82) is 0 Å². The number of nitrogens with two attached hydrogens (primary N) is 8. The van der Waals surface area contributed by atoms with E-state index in [1.807, 2.05) is 0 Å². The van der Waals surface area contributed by atoms with Gasteiger partial charge in [-0.25, -0.2) is 4.79 Å². The number of aromatic hydroxyl groups is 1. The molecule has 3 aromatic carbocycles. The Morgan fingerprint density at radius 3 is 1.60 bits per heavy atom. The van der Waals surface area contributed by atoms with Crippen LogP contribution < -0.4 is 93.7 Å². The van der Waals surface area contributed by atoms with Gasteiger partial charge in [0.15, 0.2) is 17.9 Å². The molecule has 35 nitrogen and oxygen atoms in total. The molecule has 9 atom stereocenters. The number of unbranched alkanes of at least 4 members (excludes halogenated alkanes) is 1. The minimum absolute atomic E-state index is 0.00183. The Morgan fingerprint density at radius 2 is 1.03 bits per heavy atom. The lowest BCUT2D eigenvalue weighted by atomic mass is 10.00. The summed E-state index contributed by atoms with van der Waals surface area (Å²) in [6.07, 6.45) is 2.98. The van der Waals surface area contributed by atoms with E-state index in [2.05, 4.69) is 67.8 Å². The maximum absolute atomic E-state index is 15.1. The van der Waals surface area contributed by atoms with Crippen molar-refractivity contribution in [2.24, 2.45) is 66.8 Å². The van der Waals surface area contributed by atoms with E-state index in [0.29, 0.717) is 53.4 Å². The topological polar surface area (TPSA) is 601 Å². The van der Waals surface area contributed by atoms with Crippen molar-refractivity contribution in [3.05, 3.63) is 102 Å². The Bertz CT molecular complexity index is 3580. The highest BCUT2D eigenvalue weighted by molar-refractivity contribution is 5.99. The number of carbonyl (C=O) groups excluding carboxylic acids is 10. The molecule has 562 valence electrons. The number of carbonyl (C=O) groups is 11. The van der Waals surface area contributed by atoms with Crippen molar-refractivity contribution >= 4 is 93.8 Å². The summed E-state index contributed by atoms with van der Waals surface area (Å²) in [6.45, 7) is 2.78. The number of para-hydroxylation sites is 1. The van der Waals surface area contributed by atoms with E-state index in [4.69, 9.17) is 45.9 Å². The third-order valence-corrected chi connectivity index (χ3v) is 16.7. The molecule has 0 radical (unpaired) electrons. The van der Waals surface area contributed by atoms with E-state index in [1.165, 1.54) is 17.0 Å². The Hall–Kier alpha value is -11.1. The van der Waals surface area contributed by atoms with Crippen LogP contribution in [0.1, 0.15) is 108 Å². The van der Waals surface area contributed by atoms with Gasteiger partial charge in [-0.2, -0.15) is 0 Å². The molecule has 1 aliphatic rings. The van der Waals surface area contributed by atoms with Crippen LogP contribution in [0.5, 0.6) is 5.75 Å². The number of hydrogen-bond donors (Lipinski definition) is 20. The fourth-order valence-electron chi connectivity index (χ4n) is 11.4. The molecular weight excluding hydrogens is 1330 g/mol. The monoisotopic (exact) mass is 1430 g/mol. The van der Waals surface area contributed by atoms with Gasteiger partial charge < -0.3 is 114 Å². The first-order chi connectivity index (χ1) is 49.1. The number of likely N-dealkylation sites (tertiary alicyclic amines) is 1. The van der Waals surface area contributed by atoms with E-state index in [1.54, 1.807) is 86.8 Å². The summed E-state index contributed by atoms with van der Waals surface area (Å²) >= 11 is 0. The van der Waals surface area contributed by atoms with E-state index >= 15 is 9.59 Å². The maximum atomic E-state index is 15.1. The average molecular weight is 1440 g/mol. The highest BCUT2D eigenvalue weighted by Gasteiger charge is 2.40. The fourth-order valence-corrected chi connectivity index (χ4v) is 11.4. The van der Waals surface area contributed by atoms with Gasteiger partial charge in [0.1, 0.15) is 54.1 Å². The lowest BCUT2D eigenvalue weighted by molar-refractivity contribution is -0.145. The van der Waals surface area contributed by atoms with Gasteiger partial charge in [-0.3, -0.25) is 62.9 Å². The van der Waals surface area contributed by atoms with Crippen molar-refractivity contribution in [3.63, 3.8) is 0 Å². The Kier molecular flexibility index (Phi) is 34.4. The number of benzene rings is 3. The molecule has 10 amide bonds. The summed E-state index contributed by atoms with van der Waals surface area (Å²) in [5, 5.41) is 44.1. The molecule has 103 heavy (non-hydrogen) atoms. The van der Waals surface area contributed by atoms with E-state index in [9.17, 15) is 53.4 Å². The minimum atomic E-state index is -1.50. The zero-order valence-corrected chi connectivity index (χ0v) is 58.2. The van der Waals surface area contributed by atoms with Crippen molar-refractivity contribution < 1.29 is 63.0 Å². The predicted molar refractivity (Wildman–Crippen MR) is 386 cm³/mol. The molecule has 0 aliphatic carbocycles. The number of hydrogen-bond acceptors (Lipinski definition) is 17. The number of rotatable bonds is 44. The van der Waals surface area contributed by atoms with Crippen LogP contribution in [0.25, 0.3) is 10.9 Å². The third-order valence-electron chi connectivity index (χ3n) is 16.7. The molecule has 4 aromatic rings. The van der Waals surface area contributed by atoms with Gasteiger partial charge in [-0.15, -0.1) is 0 Å². The Labute approximate surface area is 596 Å². The quantitative estimate of drug-likeness (QED) is 0.0115. The Morgan fingerprint density at radius 1 is 0.534 bits per heavy atom. The van der Waals surface area contributed by atoms with Gasteiger partial charge in [0.25, 0.3) is 0 Å². The molecule has 1 fully saturated rings. The van der Waals surface area contributed by atoms with Crippen molar-refractivity contribution in [3.8, 4) is 5.75 Å². The van der Waals surface area contributed by atoms with Crippen LogP contribution in [0.4, 0.5) is 0 Å². The van der Waals surface area contributed by atoms with Crippen molar-refractivity contribution in [2.75, 3.05) is 45.8 Å². The van der Waals surface area contributed by atoms with Crippen LogP contribution in [0.2, 0.25) is 0 Å². The van der Waals surface area contributed by atoms with Gasteiger partial charge in [0.05, 0.1) is 19.1 Å². The molecule has 1 aliphatic heterocycles. The number of amides is 10. The number of phenols is 1. The lowest BCUT2D eigenvalue weighted by Crippen LogP contribution is -2.60. The van der Waals surface area contributed by atoms with Crippen LogP contribution in [-0.2, 0) is 72.0 Å². The standard InChI is InChI=1S/C68H102N22O13/c1-39(2)32-51(88-61(98)52(34-40-14-4-3-5-15-40)83-56(93)38-81-55(92)37-82-57(94)45(70)33-41-23-25-43(91)26-24-41)60(97)85-47(19-10-28-77-66(71)72)58(95)84-48(20-11-29-78-67(73)74)59(96)89-53(35-42-36-80-46-17-7-6-16-44(42)46)62(99)86-49(21-12-30-79-68(75)76)64(101)90-31-13-22-54(90)63(100)87-50(65(102)103)18-8-9-27-69/h3-7,14-17,23-26,36,39,45,47-54,80,91H,8-13,18-22,27-35,37-38,69-70H2,1-2H3,(H,81,92)(H,82,94)(H,83,93)(H,84,95)(H,85,97)(H,86,99)(H,87,100)(H,88,98)(H,89,96)(H,102,103)(H4,71,72,77)(H4,73,74,78)(H4,75,76,79)/t45-,47-,48-,49-,50-,51-,52-,53+,54+/m0/s1. The molecule has 5 rings (SSSR count). The molecule has 1 aromatic heterocycles. The molecule has 28 N–H and O–H groups in total. The van der Waals surface area contributed by atoms with Crippen LogP contribution in [0.3, 0.4) is 0 Å². The molecule has 0 unspecified atom stereocenters. The zero-order valence-electron chi connectivity index (χ0n) is 58.2. The molecule has 35 heteroatoms. The minimum Gasteiger partial charge on any atom is -0.508 e. The second-order valence-electron chi connectivity index (χ2n) is 25.5. The largest absolute Gasteiger partial charge is 0.508 e. The van der Waals surface area contributed by atoms with Crippen molar-refractivity contribution in [1.82, 2.24) is 57.7 Å². The summed E-state index contributed by atoms with van der Waals surface area (Å²) in [5.41, 5.74) is 48.1. The number of H-pyrrole nitrogens is 1. The highest BCUT2D eigenvalue weighted by atomic mass is 16.4. The summed E-state index contributed by atoms with van der Waals surface area (Å²) in [6, 6.07) is 9.90. The third kappa shape index (κ3) is 29.2. The van der Waals surface area contributed by atoms with Gasteiger partial charge >= 0.3 is 5.97 Å². The first kappa shape index (κ1) is 82.6. The number of nitrogens with one attached hydrogen (secondary N) is 10. The molecule has 1 saturated heterocycles. The van der Waals surface area contributed by atoms with E-state index < -0.39 is 133 Å². The number of aliphatic imine (C=N–C) groups is 3. The summed E-state index contributed by atoms with van der Waals surface area (Å²) in [4.78, 5) is 171. The van der Waals surface area contributed by atoms with Crippen LogP contribution in [0.15, 0.2) is 100 Å². The van der Waals surface area contributed by atoms with E-state index in [-0.39, 0.29) is 133 Å². The lowest BCUT2D eigenvalue weighted by Gasteiger charge is -2.31. The number of aromatic amines is 1. The number of carboxylic acid groups (broad SMARTS) is 1. The predicted octanol–water partition coefficient (Wildman–Crippen LogP) is -3.73. The molecule has 0 spiro atoms. The second-order valence-corrected chi connectivity index (χ2v) is 25.5. The van der Waals surface area contributed by atoms with E-state index in [0.717, 1.165) is 0 Å². The van der Waals surface area contributed by atoms with Gasteiger partial charge in [-0.1, -0.05) is 74.5 Å². The second kappa shape index (κ2) is 42.9. The summed E-state index contributed by atoms with van der Waals surface area (Å²) in [5.74, 6) is -10.2. The number of nitrogens with zero attached hydrogens (tertiary/aromatic N) is 4. The van der Waals surface area contributed by atoms with Gasteiger partial charge in [0.2, 0.25) is 59.1 Å². The first-order valence-corrected chi connectivity index (χ1v) is 34.3. The molecule has 0 saturated carbocycles. The summed E-state index contributed by atoms with van der Waals surface area (Å²) < 4.78 is 0. The van der Waals surface area contributed by atoms with Crippen LogP contribution in [-0.4, -0.2) is 203 Å². The smallest absolute Gasteiger partial charge is 0.326 e. The molecule has 0 bridgehead atoms. The number of aromatic nitrogens is 1. The summed E-state index contributed by atoms with van der Waals surface area (Å²) in [7, 11) is 0. The molecular formula is C68H102N22O13. The highest BCUT2D eigenvalue weighted by Crippen LogP contribution is 2.23. The number of guanidine groups is 3. The SMILES string of the molecule is CC(C)C[C@H](NC(=O)[C@H](Cc1ccccc1)NC(=O)CNC(=O)CNC(=O)[C@@H](N)Cc1ccc(O)cc1)C(=O)N[C@@H](CCCN=C(N)N)C(=O)N[C@@H](CCCN=C(N)N)C(=O)N[C@H](Cc1c[nH]c2ccccc12)C(=O)N[C@@H](CCCN=C(N)N)C(=O)N1CCC[C@@H]1C(=O)N[C@@H](CCCCN)C(=O)O. The Balaban J connectivity index is 1.41. The van der Waals surface area contributed by atoms with Crippen LogP contribution >= 0.6 is 0 Å². The van der Waals surface area contributed by atoms with Crippen LogP contribution in [0, 0.1) is 5.92 Å². The van der Waals surface area contributed by atoms with Crippen molar-refractivity contribution in [2.45, 2.75) is 165 Å². The number of phenolic OH excluding ortho intramolecular Hbond substituents is 1. The van der Waals surface area contributed by atoms with Gasteiger partial charge in [0, 0.05) is 56.1 Å². The number of fused-ring (bicyclic) bond motifs is 1. The first-order valence-electron chi connectivity index (χ1n) is 34.3. The maximum Gasteiger partial charge on any atom is 0.326 e. The normalized spacial score (nSPS) is 14.8. The number of aliphatic carboxylic acids is 1. The average Bonchev–Trinajstić information content (AvgIpc) is 1.74. The number of carboxylic acids is 1. The van der Waals surface area contributed by atoms with Gasteiger partial charge in [-0.05, 0) is 131 Å².